The molecule has 5 heteroatoms. The van der Waals surface area contributed by atoms with Crippen molar-refractivity contribution in [1.82, 2.24) is 5.32 Å². The standard InChI is InChI=1S/C19H24N2O3/c1-13-16(18(22)24-12-14-8-4-2-5-9-14)17(21-19(23)20-13)15-10-6-3-7-11-15/h3,6-7,10-11,14,16-17H,2,4-5,8-9,12H2,1H3,(H,21,23). The lowest BCUT2D eigenvalue weighted by molar-refractivity contribution is -0.148. The molecule has 0 bridgehead atoms. The van der Waals surface area contributed by atoms with Crippen molar-refractivity contribution in [2.75, 3.05) is 6.61 Å². The summed E-state index contributed by atoms with van der Waals surface area (Å²) in [6, 6.07) is 8.69. The van der Waals surface area contributed by atoms with E-state index in [0.717, 1.165) is 18.4 Å². The minimum absolute atomic E-state index is 0.296. The number of amides is 2. The Hall–Kier alpha value is -2.17. The molecule has 1 aliphatic heterocycles. The molecular formula is C19H24N2O3. The van der Waals surface area contributed by atoms with Crippen LogP contribution < -0.4 is 5.32 Å². The maximum absolute atomic E-state index is 12.7. The van der Waals surface area contributed by atoms with Crippen molar-refractivity contribution in [3.05, 3.63) is 35.9 Å². The summed E-state index contributed by atoms with van der Waals surface area (Å²) in [4.78, 5) is 28.4. The summed E-state index contributed by atoms with van der Waals surface area (Å²) < 4.78 is 5.61. The number of nitrogens with one attached hydrogen (secondary N) is 1. The zero-order chi connectivity index (χ0) is 16.9. The van der Waals surface area contributed by atoms with Crippen LogP contribution >= 0.6 is 0 Å². The van der Waals surface area contributed by atoms with Crippen LogP contribution in [0.5, 0.6) is 0 Å². The highest BCUT2D eigenvalue weighted by molar-refractivity contribution is 6.08. The van der Waals surface area contributed by atoms with E-state index in [9.17, 15) is 9.59 Å². The predicted octanol–water partition coefficient (Wildman–Crippen LogP) is 3.65. The smallest absolute Gasteiger partial charge is 0.341 e. The Morgan fingerprint density at radius 2 is 1.92 bits per heavy atom. The number of rotatable bonds is 4. The monoisotopic (exact) mass is 328 g/mol. The first kappa shape index (κ1) is 16.7. The van der Waals surface area contributed by atoms with Crippen LogP contribution in [0.25, 0.3) is 0 Å². The average molecular weight is 328 g/mol. The van der Waals surface area contributed by atoms with E-state index in [-0.39, 0.29) is 5.97 Å². The number of hydrogen-bond donors (Lipinski definition) is 1. The summed E-state index contributed by atoms with van der Waals surface area (Å²) in [5.41, 5.74) is 1.40. The van der Waals surface area contributed by atoms with Gasteiger partial charge >= 0.3 is 12.0 Å². The molecule has 2 atom stereocenters. The molecule has 2 amide bonds. The normalized spacial score (nSPS) is 24.9. The molecule has 1 aliphatic carbocycles. The zero-order valence-electron chi connectivity index (χ0n) is 14.0. The lowest BCUT2D eigenvalue weighted by Gasteiger charge is -2.30. The highest BCUT2D eigenvalue weighted by Gasteiger charge is 2.38. The molecule has 3 rings (SSSR count). The summed E-state index contributed by atoms with van der Waals surface area (Å²) in [5.74, 6) is -0.391. The van der Waals surface area contributed by atoms with Gasteiger partial charge in [-0.2, -0.15) is 0 Å². The second-order valence-electron chi connectivity index (χ2n) is 6.70. The number of nitrogens with zero attached hydrogens (tertiary/aromatic N) is 1. The second kappa shape index (κ2) is 7.60. The Morgan fingerprint density at radius 3 is 2.62 bits per heavy atom. The van der Waals surface area contributed by atoms with Gasteiger partial charge in [-0.3, -0.25) is 4.79 Å². The average Bonchev–Trinajstić information content (AvgIpc) is 2.60. The first-order chi connectivity index (χ1) is 11.6. The lowest BCUT2D eigenvalue weighted by atomic mass is 9.88. The number of carbonyl (C=O) groups excluding carboxylic acids is 2. The molecule has 1 aromatic carbocycles. The highest BCUT2D eigenvalue weighted by atomic mass is 16.5. The second-order valence-corrected chi connectivity index (χ2v) is 6.70. The van der Waals surface area contributed by atoms with Gasteiger partial charge < -0.3 is 10.1 Å². The molecule has 1 fully saturated rings. The molecule has 1 N–H and O–H groups in total. The first-order valence-corrected chi connectivity index (χ1v) is 8.72. The van der Waals surface area contributed by atoms with Gasteiger partial charge in [0.2, 0.25) is 0 Å². The molecule has 0 spiro atoms. The van der Waals surface area contributed by atoms with Gasteiger partial charge in [-0.25, -0.2) is 9.79 Å². The Balaban J connectivity index is 1.72. The number of carbonyl (C=O) groups is 2. The van der Waals surface area contributed by atoms with Gasteiger partial charge in [0.15, 0.2) is 0 Å². The molecule has 1 heterocycles. The predicted molar refractivity (Wildman–Crippen MR) is 91.8 cm³/mol. The van der Waals surface area contributed by atoms with Gasteiger partial charge in [0, 0.05) is 5.71 Å². The largest absolute Gasteiger partial charge is 0.465 e. The van der Waals surface area contributed by atoms with Crippen LogP contribution in [0.3, 0.4) is 0 Å². The van der Waals surface area contributed by atoms with E-state index in [0.29, 0.717) is 18.2 Å². The molecule has 1 saturated carbocycles. The Bertz CT molecular complexity index is 621. The first-order valence-electron chi connectivity index (χ1n) is 8.72. The fourth-order valence-corrected chi connectivity index (χ4v) is 3.61. The minimum Gasteiger partial charge on any atom is -0.465 e. The molecule has 24 heavy (non-hydrogen) atoms. The van der Waals surface area contributed by atoms with Crippen LogP contribution in [0.2, 0.25) is 0 Å². The van der Waals surface area contributed by atoms with E-state index >= 15 is 0 Å². The zero-order valence-corrected chi connectivity index (χ0v) is 14.0. The van der Waals surface area contributed by atoms with E-state index in [1.807, 2.05) is 30.3 Å². The third-order valence-electron chi connectivity index (χ3n) is 4.94. The molecule has 2 aliphatic rings. The number of aliphatic imine (C=N–C) groups is 1. The van der Waals surface area contributed by atoms with Gasteiger partial charge in [-0.15, -0.1) is 0 Å². The van der Waals surface area contributed by atoms with Crippen molar-refractivity contribution < 1.29 is 14.3 Å². The van der Waals surface area contributed by atoms with Gasteiger partial charge in [0.05, 0.1) is 12.6 Å². The van der Waals surface area contributed by atoms with Crippen molar-refractivity contribution in [3.63, 3.8) is 0 Å². The molecule has 2 unspecified atom stereocenters. The van der Waals surface area contributed by atoms with Gasteiger partial charge in [0.1, 0.15) is 5.92 Å². The number of urea groups is 1. The maximum Gasteiger partial charge on any atom is 0.341 e. The summed E-state index contributed by atoms with van der Waals surface area (Å²) in [6.07, 6.45) is 5.97. The molecule has 1 aromatic rings. The third kappa shape index (κ3) is 3.83. The van der Waals surface area contributed by atoms with Crippen molar-refractivity contribution in [2.45, 2.75) is 45.1 Å². The molecule has 128 valence electrons. The molecule has 0 saturated heterocycles. The fourth-order valence-electron chi connectivity index (χ4n) is 3.61. The number of hydrogen-bond acceptors (Lipinski definition) is 3. The van der Waals surface area contributed by atoms with Crippen molar-refractivity contribution in [2.24, 2.45) is 16.8 Å². The number of ether oxygens (including phenoxy) is 1. The molecule has 0 aromatic heterocycles. The van der Waals surface area contributed by atoms with Crippen LogP contribution in [-0.2, 0) is 9.53 Å². The molecule has 5 nitrogen and oxygen atoms in total. The molecular weight excluding hydrogens is 304 g/mol. The van der Waals surface area contributed by atoms with Gasteiger partial charge in [0.25, 0.3) is 0 Å². The van der Waals surface area contributed by atoms with Crippen molar-refractivity contribution in [1.29, 1.82) is 0 Å². The Morgan fingerprint density at radius 1 is 1.21 bits per heavy atom. The van der Waals surface area contributed by atoms with E-state index in [1.54, 1.807) is 6.92 Å². The summed E-state index contributed by atoms with van der Waals surface area (Å²) in [7, 11) is 0. The fraction of sp³-hybridized carbons (Fsp3) is 0.526. The van der Waals surface area contributed by atoms with E-state index < -0.39 is 18.0 Å². The maximum atomic E-state index is 12.7. The third-order valence-corrected chi connectivity index (χ3v) is 4.94. The van der Waals surface area contributed by atoms with Crippen LogP contribution in [0, 0.1) is 11.8 Å². The van der Waals surface area contributed by atoms with Gasteiger partial charge in [-0.1, -0.05) is 49.6 Å². The number of benzene rings is 1. The van der Waals surface area contributed by atoms with E-state index in [2.05, 4.69) is 10.3 Å². The number of esters is 1. The Labute approximate surface area is 142 Å². The summed E-state index contributed by atoms with van der Waals surface area (Å²) in [6.45, 7) is 2.19. The summed E-state index contributed by atoms with van der Waals surface area (Å²) in [5, 5.41) is 2.80. The van der Waals surface area contributed by atoms with E-state index in [4.69, 9.17) is 4.74 Å². The van der Waals surface area contributed by atoms with Crippen LogP contribution in [0.15, 0.2) is 35.3 Å². The molecule has 0 radical (unpaired) electrons. The van der Waals surface area contributed by atoms with Crippen LogP contribution in [-0.4, -0.2) is 24.3 Å². The summed E-state index contributed by atoms with van der Waals surface area (Å²) >= 11 is 0. The quantitative estimate of drug-likeness (QED) is 0.858. The van der Waals surface area contributed by atoms with Crippen molar-refractivity contribution >= 4 is 17.7 Å². The van der Waals surface area contributed by atoms with Gasteiger partial charge in [-0.05, 0) is 31.2 Å². The lowest BCUT2D eigenvalue weighted by Crippen LogP contribution is -2.44. The highest BCUT2D eigenvalue weighted by Crippen LogP contribution is 2.29. The van der Waals surface area contributed by atoms with Crippen molar-refractivity contribution in [3.8, 4) is 0 Å². The van der Waals surface area contributed by atoms with Crippen LogP contribution in [0.1, 0.15) is 50.6 Å². The minimum atomic E-state index is -0.561. The topological polar surface area (TPSA) is 67.8 Å². The Kier molecular flexibility index (Phi) is 5.28. The SMILES string of the molecule is CC1=NC(=O)NC(c2ccccc2)C1C(=O)OCC1CCCCC1. The van der Waals surface area contributed by atoms with Crippen LogP contribution in [0.4, 0.5) is 4.79 Å². The van der Waals surface area contributed by atoms with E-state index in [1.165, 1.54) is 19.3 Å².